The van der Waals surface area contributed by atoms with Crippen LogP contribution in [-0.2, 0) is 24.7 Å². The van der Waals surface area contributed by atoms with Crippen LogP contribution in [0.15, 0.2) is 0 Å². The average Bonchev–Trinajstić information content (AvgIpc) is 1.93. The highest BCUT2D eigenvalue weighted by molar-refractivity contribution is 8.06. The highest BCUT2D eigenvalue weighted by Gasteiger charge is 2.32. The summed E-state index contributed by atoms with van der Waals surface area (Å²) >= 11 is 0. The van der Waals surface area contributed by atoms with Gasteiger partial charge >= 0.3 is 5.97 Å². The zero-order chi connectivity index (χ0) is 14.8. The van der Waals surface area contributed by atoms with Crippen molar-refractivity contribution < 1.29 is 26.7 Å². The molecule has 108 valence electrons. The molecule has 0 radical (unpaired) electrons. The minimum atomic E-state index is -4.07. The maximum atomic E-state index is 11.6. The van der Waals surface area contributed by atoms with E-state index in [1.165, 1.54) is 0 Å². The van der Waals surface area contributed by atoms with E-state index in [1.54, 1.807) is 20.8 Å². The molecule has 1 atom stereocenters. The summed E-state index contributed by atoms with van der Waals surface area (Å²) in [5.41, 5.74) is -0.636. The number of hydrogen-bond donors (Lipinski definition) is 2. The molecule has 2 N–H and O–H groups in total. The van der Waals surface area contributed by atoms with Crippen molar-refractivity contribution in [1.82, 2.24) is 4.72 Å². The summed E-state index contributed by atoms with van der Waals surface area (Å²) in [6.45, 7) is 5.01. The standard InChI is InChI=1S/C9H19NO6S2/c1-9(2,3)7(5-8(11)12)10-18(15,16)6-17(4,13)14/h7,10H,5-6H2,1-4H3,(H,11,12). The molecule has 0 saturated carbocycles. The lowest BCUT2D eigenvalue weighted by Crippen LogP contribution is -2.46. The van der Waals surface area contributed by atoms with Crippen LogP contribution in [0.4, 0.5) is 0 Å². The normalized spacial score (nSPS) is 15.3. The minimum absolute atomic E-state index is 0.410. The van der Waals surface area contributed by atoms with Gasteiger partial charge in [0.1, 0.15) is 0 Å². The number of nitrogens with one attached hydrogen (secondary N) is 1. The molecule has 0 fully saturated rings. The second-order valence-corrected chi connectivity index (χ2v) is 9.55. The summed E-state index contributed by atoms with van der Waals surface area (Å²) in [5.74, 6) is -1.16. The number of aliphatic carboxylic acids is 1. The number of carboxylic acid groups (broad SMARTS) is 1. The number of rotatable bonds is 6. The maximum absolute atomic E-state index is 11.6. The first-order valence-electron chi connectivity index (χ1n) is 5.12. The number of carbonyl (C=O) groups is 1. The molecule has 0 aromatic rings. The molecule has 0 aliphatic rings. The van der Waals surface area contributed by atoms with E-state index in [-0.39, 0.29) is 0 Å². The summed E-state index contributed by atoms with van der Waals surface area (Å²) < 4.78 is 47.3. The average molecular weight is 301 g/mol. The topological polar surface area (TPSA) is 118 Å². The first-order valence-corrected chi connectivity index (χ1v) is 8.84. The lowest BCUT2D eigenvalue weighted by Gasteiger charge is -2.29. The van der Waals surface area contributed by atoms with Crippen LogP contribution >= 0.6 is 0 Å². The van der Waals surface area contributed by atoms with E-state index in [0.29, 0.717) is 0 Å². The number of carboxylic acids is 1. The Hall–Kier alpha value is -0.670. The first-order chi connectivity index (χ1) is 7.73. The Bertz CT molecular complexity index is 500. The second kappa shape index (κ2) is 5.54. The minimum Gasteiger partial charge on any atom is -0.481 e. The molecule has 0 bridgehead atoms. The van der Waals surface area contributed by atoms with Crippen LogP contribution in [0, 0.1) is 5.41 Å². The lowest BCUT2D eigenvalue weighted by molar-refractivity contribution is -0.138. The smallest absolute Gasteiger partial charge is 0.304 e. The van der Waals surface area contributed by atoms with Crippen molar-refractivity contribution in [2.45, 2.75) is 33.2 Å². The first kappa shape index (κ1) is 17.3. The molecule has 0 aliphatic carbocycles. The SMILES string of the molecule is CC(C)(C)C(CC(=O)O)NS(=O)(=O)CS(C)(=O)=O. The van der Waals surface area contributed by atoms with Gasteiger partial charge in [0.2, 0.25) is 10.0 Å². The number of hydrogen-bond acceptors (Lipinski definition) is 5. The monoisotopic (exact) mass is 301 g/mol. The fourth-order valence-electron chi connectivity index (χ4n) is 1.23. The fourth-order valence-corrected chi connectivity index (χ4v) is 4.63. The van der Waals surface area contributed by atoms with Gasteiger partial charge in [-0.2, -0.15) is 0 Å². The van der Waals surface area contributed by atoms with Gasteiger partial charge in [0.05, 0.1) is 6.42 Å². The largest absolute Gasteiger partial charge is 0.481 e. The molecule has 7 nitrogen and oxygen atoms in total. The van der Waals surface area contributed by atoms with Crippen LogP contribution in [-0.4, -0.2) is 45.3 Å². The van der Waals surface area contributed by atoms with Gasteiger partial charge in [-0.1, -0.05) is 20.8 Å². The van der Waals surface area contributed by atoms with E-state index in [2.05, 4.69) is 4.72 Å². The predicted octanol–water partition coefficient (Wildman–Crippen LogP) is -0.203. The number of sulfone groups is 1. The lowest BCUT2D eigenvalue weighted by atomic mass is 9.85. The Morgan fingerprint density at radius 3 is 1.94 bits per heavy atom. The summed E-state index contributed by atoms with van der Waals surface area (Å²) in [6, 6.07) is -0.873. The van der Waals surface area contributed by atoms with Crippen molar-refractivity contribution in [2.75, 3.05) is 11.3 Å². The van der Waals surface area contributed by atoms with E-state index in [0.717, 1.165) is 6.26 Å². The van der Waals surface area contributed by atoms with Gasteiger partial charge in [0, 0.05) is 12.3 Å². The zero-order valence-electron chi connectivity index (χ0n) is 10.8. The van der Waals surface area contributed by atoms with Gasteiger partial charge in [0.25, 0.3) is 0 Å². The van der Waals surface area contributed by atoms with Crippen LogP contribution in [0.5, 0.6) is 0 Å². The molecule has 0 heterocycles. The van der Waals surface area contributed by atoms with Crippen molar-refractivity contribution in [3.8, 4) is 0 Å². The van der Waals surface area contributed by atoms with Gasteiger partial charge in [-0.05, 0) is 5.41 Å². The number of sulfonamides is 1. The summed E-state index contributed by atoms with van der Waals surface area (Å²) in [7, 11) is -7.77. The van der Waals surface area contributed by atoms with Crippen LogP contribution in [0.1, 0.15) is 27.2 Å². The van der Waals surface area contributed by atoms with Crippen molar-refractivity contribution in [1.29, 1.82) is 0 Å². The highest BCUT2D eigenvalue weighted by atomic mass is 32.3. The quantitative estimate of drug-likeness (QED) is 0.701. The summed E-state index contributed by atoms with van der Waals surface area (Å²) in [4.78, 5) is 10.7. The maximum Gasteiger partial charge on any atom is 0.304 e. The fraction of sp³-hybridized carbons (Fsp3) is 0.889. The Morgan fingerprint density at radius 1 is 1.22 bits per heavy atom. The third-order valence-corrected chi connectivity index (χ3v) is 5.71. The zero-order valence-corrected chi connectivity index (χ0v) is 12.4. The van der Waals surface area contributed by atoms with E-state index in [9.17, 15) is 21.6 Å². The summed E-state index contributed by atoms with van der Waals surface area (Å²) in [6.07, 6.45) is 0.391. The Labute approximate surface area is 108 Å². The third kappa shape index (κ3) is 7.62. The molecule has 18 heavy (non-hydrogen) atoms. The van der Waals surface area contributed by atoms with Crippen molar-refractivity contribution in [2.24, 2.45) is 5.41 Å². The Kier molecular flexibility index (Phi) is 5.33. The Morgan fingerprint density at radius 2 is 1.67 bits per heavy atom. The Balaban J connectivity index is 5.06. The molecule has 9 heteroatoms. The van der Waals surface area contributed by atoms with Gasteiger partial charge in [0.15, 0.2) is 14.9 Å². The van der Waals surface area contributed by atoms with Gasteiger partial charge in [-0.25, -0.2) is 21.6 Å². The molecule has 0 aromatic carbocycles. The molecule has 1 unspecified atom stereocenters. The van der Waals surface area contributed by atoms with Crippen molar-refractivity contribution in [3.63, 3.8) is 0 Å². The van der Waals surface area contributed by atoms with Crippen molar-refractivity contribution in [3.05, 3.63) is 0 Å². The van der Waals surface area contributed by atoms with Crippen molar-refractivity contribution >= 4 is 25.8 Å². The van der Waals surface area contributed by atoms with Crippen LogP contribution in [0.3, 0.4) is 0 Å². The van der Waals surface area contributed by atoms with Crippen LogP contribution < -0.4 is 4.72 Å². The van der Waals surface area contributed by atoms with Gasteiger partial charge < -0.3 is 5.11 Å². The molecule has 0 aromatic heterocycles. The van der Waals surface area contributed by atoms with Crippen LogP contribution in [0.2, 0.25) is 0 Å². The van der Waals surface area contributed by atoms with Crippen LogP contribution in [0.25, 0.3) is 0 Å². The molecule has 0 spiro atoms. The second-order valence-electron chi connectivity index (χ2n) is 5.29. The molecular formula is C9H19NO6S2. The van der Waals surface area contributed by atoms with E-state index >= 15 is 0 Å². The van der Waals surface area contributed by atoms with Gasteiger partial charge in [-0.3, -0.25) is 4.79 Å². The molecule has 0 aliphatic heterocycles. The van der Waals surface area contributed by atoms with E-state index in [1.807, 2.05) is 0 Å². The van der Waals surface area contributed by atoms with E-state index in [4.69, 9.17) is 5.11 Å². The molecule has 0 amide bonds. The van der Waals surface area contributed by atoms with Gasteiger partial charge in [-0.15, -0.1) is 0 Å². The third-order valence-electron chi connectivity index (χ3n) is 2.12. The molecule has 0 saturated heterocycles. The van der Waals surface area contributed by atoms with E-state index < -0.39 is 48.8 Å². The predicted molar refractivity (Wildman–Crippen MR) is 67.3 cm³/mol. The summed E-state index contributed by atoms with van der Waals surface area (Å²) in [5, 5.41) is 7.67. The molecular weight excluding hydrogens is 282 g/mol. The molecule has 0 rings (SSSR count). The highest BCUT2D eigenvalue weighted by Crippen LogP contribution is 2.22.